The molecule has 2 aromatic heterocycles. The summed E-state index contributed by atoms with van der Waals surface area (Å²) in [5, 5.41) is 0. The molecule has 0 saturated carbocycles. The van der Waals surface area contributed by atoms with Gasteiger partial charge >= 0.3 is 0 Å². The number of piperazine rings is 1. The Kier molecular flexibility index (Phi) is 9.63. The van der Waals surface area contributed by atoms with Crippen LogP contribution in [0.2, 0.25) is 0 Å². The minimum atomic E-state index is -0.00489. The van der Waals surface area contributed by atoms with Gasteiger partial charge in [0.05, 0.1) is 11.9 Å². The van der Waals surface area contributed by atoms with Crippen molar-refractivity contribution in [3.8, 4) is 22.4 Å². The number of nitrogens with zero attached hydrogens (tertiary/aromatic N) is 6. The Morgan fingerprint density at radius 3 is 2.46 bits per heavy atom. The second-order valence-corrected chi connectivity index (χ2v) is 13.4. The Morgan fingerprint density at radius 2 is 1.70 bits per heavy atom. The van der Waals surface area contributed by atoms with Crippen LogP contribution >= 0.6 is 0 Å². The Bertz CT molecular complexity index is 1740. The third kappa shape index (κ3) is 7.07. The average molecular weight is 622 g/mol. The summed E-state index contributed by atoms with van der Waals surface area (Å²) < 4.78 is 0. The highest BCUT2D eigenvalue weighted by Crippen LogP contribution is 2.32. The SMILES string of the molecule is Cc1cc(-c2c[nH]c3ncc(-c4cc(C)c5c(c4)CN(CCC(=O)CCCN4CCN(C)CC4)CC5)nc23)ccc1C(=O)N(C)C. The van der Waals surface area contributed by atoms with Crippen molar-refractivity contribution in [1.29, 1.82) is 0 Å². The van der Waals surface area contributed by atoms with Gasteiger partial charge in [0, 0.05) is 95.6 Å². The fourth-order valence-electron chi connectivity index (χ4n) is 6.86. The lowest BCUT2D eigenvalue weighted by atomic mass is 9.92. The van der Waals surface area contributed by atoms with Crippen molar-refractivity contribution in [2.45, 2.75) is 46.1 Å². The molecular weight excluding hydrogens is 574 g/mol. The van der Waals surface area contributed by atoms with Gasteiger partial charge in [-0.05, 0) is 86.3 Å². The predicted octanol–water partition coefficient (Wildman–Crippen LogP) is 4.96. The minimum absolute atomic E-state index is 0.00489. The number of carbonyl (C=O) groups is 2. The first kappa shape index (κ1) is 32.0. The molecule has 2 aromatic carbocycles. The Labute approximate surface area is 272 Å². The minimum Gasteiger partial charge on any atom is -0.345 e. The quantitative estimate of drug-likeness (QED) is 0.268. The maximum Gasteiger partial charge on any atom is 0.253 e. The number of Topliss-reactive ketones (excluding diaryl/α,β-unsaturated/α-hetero) is 1. The summed E-state index contributed by atoms with van der Waals surface area (Å²) in [5.41, 5.74) is 11.0. The molecule has 0 radical (unpaired) electrons. The number of carbonyl (C=O) groups excluding carboxylic acids is 2. The molecule has 242 valence electrons. The molecule has 0 unspecified atom stereocenters. The van der Waals surface area contributed by atoms with Crippen LogP contribution in [0, 0.1) is 13.8 Å². The molecule has 1 amide bonds. The smallest absolute Gasteiger partial charge is 0.253 e. The molecule has 0 aliphatic carbocycles. The molecule has 0 bridgehead atoms. The van der Waals surface area contributed by atoms with Gasteiger partial charge in [-0.3, -0.25) is 14.5 Å². The van der Waals surface area contributed by atoms with E-state index < -0.39 is 0 Å². The van der Waals surface area contributed by atoms with E-state index in [1.165, 1.54) is 16.7 Å². The Balaban J connectivity index is 1.13. The summed E-state index contributed by atoms with van der Waals surface area (Å²) in [6, 6.07) is 10.4. The van der Waals surface area contributed by atoms with Crippen LogP contribution in [0.5, 0.6) is 0 Å². The number of hydrogen-bond donors (Lipinski definition) is 1. The van der Waals surface area contributed by atoms with Crippen LogP contribution < -0.4 is 0 Å². The second-order valence-electron chi connectivity index (χ2n) is 13.4. The Hall–Kier alpha value is -3.92. The van der Waals surface area contributed by atoms with Gasteiger partial charge in [-0.2, -0.15) is 0 Å². The summed E-state index contributed by atoms with van der Waals surface area (Å²) in [7, 11) is 5.71. The number of aryl methyl sites for hydroxylation is 2. The third-order valence-corrected chi connectivity index (χ3v) is 9.72. The van der Waals surface area contributed by atoms with Crippen molar-refractivity contribution in [2.24, 2.45) is 0 Å². The van der Waals surface area contributed by atoms with Gasteiger partial charge in [0.1, 0.15) is 11.3 Å². The number of aromatic amines is 1. The number of likely N-dealkylation sites (N-methyl/N-ethyl adjacent to an activating group) is 1. The summed E-state index contributed by atoms with van der Waals surface area (Å²) in [5.74, 6) is 0.375. The number of nitrogens with one attached hydrogen (secondary N) is 1. The van der Waals surface area contributed by atoms with Crippen LogP contribution in [0.3, 0.4) is 0 Å². The van der Waals surface area contributed by atoms with Crippen LogP contribution in [-0.2, 0) is 17.8 Å². The number of fused-ring (bicyclic) bond motifs is 2. The van der Waals surface area contributed by atoms with Crippen LogP contribution in [-0.4, -0.2) is 113 Å². The van der Waals surface area contributed by atoms with Crippen LogP contribution in [0.25, 0.3) is 33.5 Å². The number of hydrogen-bond acceptors (Lipinski definition) is 7. The molecule has 46 heavy (non-hydrogen) atoms. The zero-order valence-corrected chi connectivity index (χ0v) is 28.0. The first-order valence-electron chi connectivity index (χ1n) is 16.6. The molecule has 1 saturated heterocycles. The van der Waals surface area contributed by atoms with Crippen molar-refractivity contribution in [3.05, 3.63) is 70.5 Å². The lowest BCUT2D eigenvalue weighted by molar-refractivity contribution is -0.119. The van der Waals surface area contributed by atoms with Crippen molar-refractivity contribution in [2.75, 3.05) is 67.0 Å². The largest absolute Gasteiger partial charge is 0.345 e. The number of aromatic nitrogens is 3. The zero-order chi connectivity index (χ0) is 32.4. The number of H-pyrrole nitrogens is 1. The highest BCUT2D eigenvalue weighted by molar-refractivity contribution is 5.97. The molecule has 0 spiro atoms. The van der Waals surface area contributed by atoms with Crippen molar-refractivity contribution in [1.82, 2.24) is 34.6 Å². The van der Waals surface area contributed by atoms with Crippen LogP contribution in [0.1, 0.15) is 51.9 Å². The van der Waals surface area contributed by atoms with E-state index in [0.717, 1.165) is 104 Å². The van der Waals surface area contributed by atoms with E-state index in [4.69, 9.17) is 9.97 Å². The van der Waals surface area contributed by atoms with Gasteiger partial charge in [-0.15, -0.1) is 0 Å². The molecule has 9 nitrogen and oxygen atoms in total. The number of rotatable bonds is 10. The van der Waals surface area contributed by atoms with E-state index >= 15 is 0 Å². The summed E-state index contributed by atoms with van der Waals surface area (Å²) >= 11 is 0. The average Bonchev–Trinajstić information content (AvgIpc) is 3.47. The van der Waals surface area contributed by atoms with Gasteiger partial charge in [0.25, 0.3) is 5.91 Å². The summed E-state index contributed by atoms with van der Waals surface area (Å²) in [4.78, 5) is 47.3. The fourth-order valence-corrected chi connectivity index (χ4v) is 6.86. The third-order valence-electron chi connectivity index (χ3n) is 9.72. The monoisotopic (exact) mass is 621 g/mol. The predicted molar refractivity (Wildman–Crippen MR) is 184 cm³/mol. The van der Waals surface area contributed by atoms with Gasteiger partial charge in [-0.25, -0.2) is 9.97 Å². The highest BCUT2D eigenvalue weighted by atomic mass is 16.2. The molecule has 1 fully saturated rings. The number of amides is 1. The molecule has 9 heteroatoms. The molecule has 0 atom stereocenters. The van der Waals surface area contributed by atoms with Gasteiger partial charge in [-0.1, -0.05) is 12.1 Å². The van der Waals surface area contributed by atoms with Crippen LogP contribution in [0.4, 0.5) is 0 Å². The lowest BCUT2D eigenvalue weighted by Gasteiger charge is -2.32. The Morgan fingerprint density at radius 1 is 0.913 bits per heavy atom. The fraction of sp³-hybridized carbons (Fsp3) is 0.459. The topological polar surface area (TPSA) is 88.7 Å². The van der Waals surface area contributed by atoms with Gasteiger partial charge < -0.3 is 19.7 Å². The summed E-state index contributed by atoms with van der Waals surface area (Å²) in [6.07, 6.45) is 7.05. The first-order valence-corrected chi connectivity index (χ1v) is 16.6. The standard InChI is InChI=1S/C37H47N7O2/c1-25-20-28(21-29-24-44(14-11-31(25)29)13-10-30(45)7-6-12-43-17-15-42(5)16-18-43)34-23-39-36-35(40-34)33(22-38-36)27-8-9-32(26(2)19-27)37(46)41(3)4/h8-9,19-23H,6-7,10-18,24H2,1-5H3,(H,38,39). The number of benzene rings is 2. The maximum absolute atomic E-state index is 12.7. The van der Waals surface area contributed by atoms with E-state index in [-0.39, 0.29) is 5.91 Å². The van der Waals surface area contributed by atoms with Crippen molar-refractivity contribution < 1.29 is 9.59 Å². The van der Waals surface area contributed by atoms with E-state index in [0.29, 0.717) is 24.2 Å². The maximum atomic E-state index is 12.7. The highest BCUT2D eigenvalue weighted by Gasteiger charge is 2.21. The second kappa shape index (κ2) is 13.8. The van der Waals surface area contributed by atoms with E-state index in [2.05, 4.69) is 45.8 Å². The summed E-state index contributed by atoms with van der Waals surface area (Å²) in [6.45, 7) is 12.3. The lowest BCUT2D eigenvalue weighted by Crippen LogP contribution is -2.44. The van der Waals surface area contributed by atoms with Gasteiger partial charge in [0.15, 0.2) is 5.65 Å². The molecule has 6 rings (SSSR count). The molecule has 1 N–H and O–H groups in total. The van der Waals surface area contributed by atoms with Gasteiger partial charge in [0.2, 0.25) is 0 Å². The van der Waals surface area contributed by atoms with Crippen molar-refractivity contribution in [3.63, 3.8) is 0 Å². The van der Waals surface area contributed by atoms with E-state index in [9.17, 15) is 9.59 Å². The molecule has 2 aliphatic rings. The normalized spacial score (nSPS) is 16.1. The molecule has 4 aromatic rings. The van der Waals surface area contributed by atoms with E-state index in [1.54, 1.807) is 19.0 Å². The molecular formula is C37H47N7O2. The number of ketones is 1. The first-order chi connectivity index (χ1) is 22.2. The zero-order valence-electron chi connectivity index (χ0n) is 28.0. The van der Waals surface area contributed by atoms with Crippen LogP contribution in [0.15, 0.2) is 42.7 Å². The molecule has 4 heterocycles. The van der Waals surface area contributed by atoms with Crippen molar-refractivity contribution >= 4 is 22.9 Å². The van der Waals surface area contributed by atoms with E-state index in [1.807, 2.05) is 37.5 Å². The molecule has 2 aliphatic heterocycles.